The van der Waals surface area contributed by atoms with Gasteiger partial charge in [0.1, 0.15) is 6.07 Å². The van der Waals surface area contributed by atoms with Crippen molar-refractivity contribution in [3.05, 3.63) is 23.3 Å². The molecule has 1 aromatic carbocycles. The minimum absolute atomic E-state index is 0.0142. The zero-order valence-electron chi connectivity index (χ0n) is 7.95. The SMILES string of the molecule is COc1c(C(=O)CCl)ccc(C#N)c1O. The van der Waals surface area contributed by atoms with Crippen LogP contribution in [0.1, 0.15) is 15.9 Å². The predicted octanol–water partition coefficient (Wildman–Crippen LogP) is 1.69. The van der Waals surface area contributed by atoms with E-state index in [2.05, 4.69) is 0 Å². The molecule has 0 heterocycles. The van der Waals surface area contributed by atoms with Crippen molar-refractivity contribution in [3.8, 4) is 17.6 Å². The number of hydrogen-bond donors (Lipinski definition) is 1. The Morgan fingerprint density at radius 1 is 1.67 bits per heavy atom. The highest BCUT2D eigenvalue weighted by atomic mass is 35.5. The van der Waals surface area contributed by atoms with Crippen LogP contribution in [0, 0.1) is 11.3 Å². The molecule has 0 aliphatic carbocycles. The van der Waals surface area contributed by atoms with E-state index in [1.54, 1.807) is 6.07 Å². The van der Waals surface area contributed by atoms with Crippen LogP contribution in [0.5, 0.6) is 11.5 Å². The number of phenols is 1. The number of aromatic hydroxyl groups is 1. The second-order valence-electron chi connectivity index (χ2n) is 2.71. The summed E-state index contributed by atoms with van der Waals surface area (Å²) in [5.74, 6) is -0.925. The molecule has 0 spiro atoms. The molecule has 0 radical (unpaired) electrons. The fourth-order valence-corrected chi connectivity index (χ4v) is 1.30. The van der Waals surface area contributed by atoms with Gasteiger partial charge in [-0.2, -0.15) is 5.26 Å². The number of Topliss-reactive ketones (excluding diaryl/α,β-unsaturated/α-hetero) is 1. The molecule has 1 N–H and O–H groups in total. The van der Waals surface area contributed by atoms with E-state index in [1.165, 1.54) is 19.2 Å². The first-order chi connectivity index (χ1) is 7.15. The zero-order chi connectivity index (χ0) is 11.4. The lowest BCUT2D eigenvalue weighted by molar-refractivity contribution is 0.101. The molecule has 78 valence electrons. The van der Waals surface area contributed by atoms with Crippen LogP contribution >= 0.6 is 11.6 Å². The van der Waals surface area contributed by atoms with Gasteiger partial charge in [0, 0.05) is 0 Å². The maximum atomic E-state index is 11.3. The molecule has 1 aromatic rings. The van der Waals surface area contributed by atoms with E-state index in [0.717, 1.165) is 0 Å². The van der Waals surface area contributed by atoms with Crippen LogP contribution in [0.3, 0.4) is 0 Å². The quantitative estimate of drug-likeness (QED) is 0.628. The van der Waals surface area contributed by atoms with Crippen molar-refractivity contribution in [1.82, 2.24) is 0 Å². The zero-order valence-corrected chi connectivity index (χ0v) is 8.71. The summed E-state index contributed by atoms with van der Waals surface area (Å²) in [6.07, 6.45) is 0. The van der Waals surface area contributed by atoms with Gasteiger partial charge in [-0.25, -0.2) is 0 Å². The lowest BCUT2D eigenvalue weighted by Crippen LogP contribution is -2.04. The van der Waals surface area contributed by atoms with Crippen molar-refractivity contribution in [2.24, 2.45) is 0 Å². The van der Waals surface area contributed by atoms with Crippen molar-refractivity contribution in [3.63, 3.8) is 0 Å². The van der Waals surface area contributed by atoms with E-state index >= 15 is 0 Å². The number of hydrogen-bond acceptors (Lipinski definition) is 4. The minimum atomic E-state index is -0.367. The van der Waals surface area contributed by atoms with Crippen molar-refractivity contribution >= 4 is 17.4 Å². The van der Waals surface area contributed by atoms with Crippen molar-refractivity contribution in [2.75, 3.05) is 13.0 Å². The van der Waals surface area contributed by atoms with Crippen LogP contribution < -0.4 is 4.74 Å². The first-order valence-corrected chi connectivity index (χ1v) is 4.58. The van der Waals surface area contributed by atoms with Crippen LogP contribution in [0.15, 0.2) is 12.1 Å². The maximum Gasteiger partial charge on any atom is 0.181 e. The topological polar surface area (TPSA) is 70.3 Å². The molecule has 0 bridgehead atoms. The van der Waals surface area contributed by atoms with Gasteiger partial charge < -0.3 is 9.84 Å². The summed E-state index contributed by atoms with van der Waals surface area (Å²) in [5.41, 5.74) is 0.224. The van der Waals surface area contributed by atoms with Crippen LogP contribution in [-0.4, -0.2) is 23.9 Å². The molecule has 0 aromatic heterocycles. The number of halogens is 1. The van der Waals surface area contributed by atoms with E-state index in [-0.39, 0.29) is 34.3 Å². The number of ketones is 1. The van der Waals surface area contributed by atoms with E-state index in [0.29, 0.717) is 0 Å². The molecule has 0 aliphatic rings. The molecule has 0 saturated heterocycles. The molecule has 0 amide bonds. The van der Waals surface area contributed by atoms with Gasteiger partial charge in [-0.1, -0.05) is 0 Å². The predicted molar refractivity (Wildman–Crippen MR) is 54.4 cm³/mol. The highest BCUT2D eigenvalue weighted by Gasteiger charge is 2.17. The first-order valence-electron chi connectivity index (χ1n) is 4.05. The Morgan fingerprint density at radius 2 is 2.33 bits per heavy atom. The number of benzene rings is 1. The van der Waals surface area contributed by atoms with E-state index in [4.69, 9.17) is 21.6 Å². The number of carbonyl (C=O) groups excluding carboxylic acids is 1. The van der Waals surface area contributed by atoms with Gasteiger partial charge in [0.15, 0.2) is 17.3 Å². The molecule has 0 fully saturated rings. The van der Waals surface area contributed by atoms with Crippen LogP contribution in [0.25, 0.3) is 0 Å². The number of carbonyl (C=O) groups is 1. The minimum Gasteiger partial charge on any atom is -0.503 e. The number of nitrogens with zero attached hydrogens (tertiary/aromatic N) is 1. The van der Waals surface area contributed by atoms with Crippen LogP contribution in [0.4, 0.5) is 0 Å². The molecular formula is C10H8ClNO3. The average Bonchev–Trinajstić information content (AvgIpc) is 2.27. The average molecular weight is 226 g/mol. The number of phenolic OH excluding ortho intramolecular Hbond substituents is 1. The smallest absolute Gasteiger partial charge is 0.181 e. The fraction of sp³-hybridized carbons (Fsp3) is 0.200. The van der Waals surface area contributed by atoms with Gasteiger partial charge >= 0.3 is 0 Å². The highest BCUT2D eigenvalue weighted by molar-refractivity contribution is 6.30. The van der Waals surface area contributed by atoms with Gasteiger partial charge in [-0.3, -0.25) is 4.79 Å². The van der Waals surface area contributed by atoms with Crippen LogP contribution in [0.2, 0.25) is 0 Å². The van der Waals surface area contributed by atoms with Gasteiger partial charge in [0.25, 0.3) is 0 Å². The molecule has 5 heteroatoms. The van der Waals surface area contributed by atoms with Crippen molar-refractivity contribution < 1.29 is 14.6 Å². The highest BCUT2D eigenvalue weighted by Crippen LogP contribution is 2.33. The number of methoxy groups -OCH3 is 1. The second kappa shape index (κ2) is 4.67. The Morgan fingerprint density at radius 3 is 2.80 bits per heavy atom. The third-order valence-electron chi connectivity index (χ3n) is 1.88. The maximum absolute atomic E-state index is 11.3. The summed E-state index contributed by atoms with van der Waals surface area (Å²) in [5, 5.41) is 18.2. The van der Waals surface area contributed by atoms with Gasteiger partial charge in [-0.05, 0) is 12.1 Å². The third-order valence-corrected chi connectivity index (χ3v) is 2.12. The van der Waals surface area contributed by atoms with Gasteiger partial charge in [0.05, 0.1) is 24.1 Å². The second-order valence-corrected chi connectivity index (χ2v) is 2.98. The summed E-state index contributed by atoms with van der Waals surface area (Å²) >= 11 is 5.39. The van der Waals surface area contributed by atoms with Gasteiger partial charge in [-0.15, -0.1) is 11.6 Å². The Labute approximate surface area is 91.7 Å². The summed E-state index contributed by atoms with van der Waals surface area (Å²) in [7, 11) is 1.31. The lowest BCUT2D eigenvalue weighted by atomic mass is 10.1. The van der Waals surface area contributed by atoms with E-state index in [9.17, 15) is 9.90 Å². The Hall–Kier alpha value is -1.73. The Kier molecular flexibility index (Phi) is 3.53. The fourth-order valence-electron chi connectivity index (χ4n) is 1.16. The molecule has 15 heavy (non-hydrogen) atoms. The van der Waals surface area contributed by atoms with E-state index < -0.39 is 0 Å². The Bertz CT molecular complexity index is 437. The van der Waals surface area contributed by atoms with Crippen molar-refractivity contribution in [2.45, 2.75) is 0 Å². The summed E-state index contributed by atoms with van der Waals surface area (Å²) in [6, 6.07) is 4.53. The first kappa shape index (κ1) is 11.3. The summed E-state index contributed by atoms with van der Waals surface area (Å²) in [4.78, 5) is 11.3. The molecule has 0 unspecified atom stereocenters. The molecule has 0 aliphatic heterocycles. The summed E-state index contributed by atoms with van der Waals surface area (Å²) in [6.45, 7) is 0. The molecular weight excluding hydrogens is 218 g/mol. The number of nitriles is 1. The van der Waals surface area contributed by atoms with Crippen LogP contribution in [-0.2, 0) is 0 Å². The molecule has 1 rings (SSSR count). The monoisotopic (exact) mass is 225 g/mol. The lowest BCUT2D eigenvalue weighted by Gasteiger charge is -2.08. The molecule has 0 saturated carbocycles. The number of ether oxygens (including phenoxy) is 1. The normalized spacial score (nSPS) is 9.40. The molecule has 4 nitrogen and oxygen atoms in total. The summed E-state index contributed by atoms with van der Waals surface area (Å²) < 4.78 is 4.86. The number of alkyl halides is 1. The largest absolute Gasteiger partial charge is 0.503 e. The standard InChI is InChI=1S/C10H8ClNO3/c1-15-10-7(8(13)4-11)3-2-6(5-12)9(10)14/h2-3,14H,4H2,1H3. The number of rotatable bonds is 3. The van der Waals surface area contributed by atoms with E-state index in [1.807, 2.05) is 0 Å². The van der Waals surface area contributed by atoms with Crippen molar-refractivity contribution in [1.29, 1.82) is 5.26 Å². The third kappa shape index (κ3) is 2.03. The van der Waals surface area contributed by atoms with Gasteiger partial charge in [0.2, 0.25) is 0 Å². The molecule has 0 atom stereocenters. The Balaban J connectivity index is 3.39.